The number of halogens is 3. The highest BCUT2D eigenvalue weighted by atomic mass is 32.2. The van der Waals surface area contributed by atoms with E-state index < -0.39 is 22.1 Å². The molecule has 0 atom stereocenters. The van der Waals surface area contributed by atoms with Crippen molar-refractivity contribution in [1.29, 1.82) is 0 Å². The van der Waals surface area contributed by atoms with Gasteiger partial charge in [-0.25, -0.2) is 13.4 Å². The summed E-state index contributed by atoms with van der Waals surface area (Å²) in [7, 11) is -3.82. The molecule has 0 spiro atoms. The lowest BCUT2D eigenvalue weighted by atomic mass is 10.1. The molecule has 1 aliphatic rings. The zero-order valence-corrected chi connectivity index (χ0v) is 20.8. The third kappa shape index (κ3) is 6.53. The van der Waals surface area contributed by atoms with Crippen molar-refractivity contribution in [2.45, 2.75) is 37.4 Å². The van der Waals surface area contributed by atoms with E-state index in [0.29, 0.717) is 13.1 Å². The minimum atomic E-state index is -4.83. The van der Waals surface area contributed by atoms with Gasteiger partial charge in [-0.1, -0.05) is 37.6 Å². The van der Waals surface area contributed by atoms with Crippen LogP contribution in [0.4, 0.5) is 18.3 Å². The first-order valence-corrected chi connectivity index (χ1v) is 13.6. The van der Waals surface area contributed by atoms with Gasteiger partial charge in [0, 0.05) is 38.0 Å². The Bertz CT molecular complexity index is 1220. The Morgan fingerprint density at radius 1 is 0.971 bits per heavy atom. The first kappa shape index (κ1) is 25.5. The van der Waals surface area contributed by atoms with Crippen molar-refractivity contribution in [3.05, 3.63) is 70.7 Å². The second-order valence-corrected chi connectivity index (χ2v) is 11.0. The molecule has 2 heterocycles. The van der Waals surface area contributed by atoms with Crippen LogP contribution >= 0.6 is 11.3 Å². The summed E-state index contributed by atoms with van der Waals surface area (Å²) < 4.78 is 68.0. The van der Waals surface area contributed by atoms with Crippen LogP contribution in [0, 0.1) is 0 Å². The average Bonchev–Trinajstić information content (AvgIpc) is 3.28. The number of ether oxygens (including phenoxy) is 1. The quantitative estimate of drug-likeness (QED) is 0.410. The maximum atomic E-state index is 12.9. The van der Waals surface area contributed by atoms with Gasteiger partial charge >= 0.3 is 6.36 Å². The topological polar surface area (TPSA) is 62.7 Å². The minimum Gasteiger partial charge on any atom is -0.406 e. The Kier molecular flexibility index (Phi) is 7.67. The number of hydrogen-bond donors (Lipinski definition) is 0. The SMILES string of the molecule is CCCc1ccc(Cc2csc(N3CCN(S(=O)(=O)c4ccc(OC(F)(F)F)cc4)CC3)n2)cc1. The number of alkyl halides is 3. The molecule has 1 aliphatic heterocycles. The number of aromatic nitrogens is 1. The van der Waals surface area contributed by atoms with E-state index in [1.165, 1.54) is 26.8 Å². The van der Waals surface area contributed by atoms with Crippen molar-refractivity contribution in [3.8, 4) is 5.75 Å². The second kappa shape index (κ2) is 10.5. The Morgan fingerprint density at radius 2 is 1.60 bits per heavy atom. The van der Waals surface area contributed by atoms with Gasteiger partial charge < -0.3 is 9.64 Å². The molecule has 188 valence electrons. The number of aryl methyl sites for hydroxylation is 1. The molecule has 2 aromatic carbocycles. The third-order valence-electron chi connectivity index (χ3n) is 5.69. The van der Waals surface area contributed by atoms with E-state index in [0.717, 1.165) is 54.4 Å². The van der Waals surface area contributed by atoms with Crippen LogP contribution < -0.4 is 9.64 Å². The lowest BCUT2D eigenvalue weighted by Gasteiger charge is -2.33. The number of benzene rings is 2. The molecule has 0 amide bonds. The van der Waals surface area contributed by atoms with Gasteiger partial charge in [0.1, 0.15) is 5.75 Å². The normalized spacial score (nSPS) is 15.4. The summed E-state index contributed by atoms with van der Waals surface area (Å²) in [6.45, 7) is 3.64. The highest BCUT2D eigenvalue weighted by molar-refractivity contribution is 7.89. The van der Waals surface area contributed by atoms with E-state index in [-0.39, 0.29) is 18.0 Å². The Hall–Kier alpha value is -2.63. The van der Waals surface area contributed by atoms with Gasteiger partial charge in [-0.05, 0) is 41.8 Å². The summed E-state index contributed by atoms with van der Waals surface area (Å²) >= 11 is 1.54. The second-order valence-electron chi connectivity index (χ2n) is 8.28. The lowest BCUT2D eigenvalue weighted by Crippen LogP contribution is -2.48. The van der Waals surface area contributed by atoms with Crippen molar-refractivity contribution < 1.29 is 26.3 Å². The van der Waals surface area contributed by atoms with Crippen LogP contribution in [-0.2, 0) is 22.9 Å². The monoisotopic (exact) mass is 525 g/mol. The van der Waals surface area contributed by atoms with Crippen LogP contribution in [0.15, 0.2) is 58.8 Å². The van der Waals surface area contributed by atoms with E-state index in [1.807, 2.05) is 5.38 Å². The summed E-state index contributed by atoms with van der Waals surface area (Å²) in [5.74, 6) is -0.460. The van der Waals surface area contributed by atoms with E-state index in [1.54, 1.807) is 0 Å². The van der Waals surface area contributed by atoms with Gasteiger partial charge in [-0.2, -0.15) is 4.31 Å². The molecule has 4 rings (SSSR count). The third-order valence-corrected chi connectivity index (χ3v) is 8.55. The van der Waals surface area contributed by atoms with Gasteiger partial charge in [-0.3, -0.25) is 0 Å². The highest BCUT2D eigenvalue weighted by Crippen LogP contribution is 2.27. The number of anilines is 1. The van der Waals surface area contributed by atoms with Crippen molar-refractivity contribution in [1.82, 2.24) is 9.29 Å². The Morgan fingerprint density at radius 3 is 2.20 bits per heavy atom. The largest absolute Gasteiger partial charge is 0.573 e. The van der Waals surface area contributed by atoms with Gasteiger partial charge in [0.2, 0.25) is 10.0 Å². The minimum absolute atomic E-state index is 0.0676. The van der Waals surface area contributed by atoms with Crippen LogP contribution in [-0.4, -0.2) is 50.2 Å². The molecule has 1 saturated heterocycles. The molecule has 0 radical (unpaired) electrons. The first-order valence-electron chi connectivity index (χ1n) is 11.3. The molecule has 3 aromatic rings. The van der Waals surface area contributed by atoms with Crippen LogP contribution in [0.5, 0.6) is 5.75 Å². The standard InChI is InChI=1S/C24H26F3N3O3S2/c1-2-3-18-4-6-19(7-5-18)16-20-17-34-23(28-20)29-12-14-30(15-13-29)35(31,32)22-10-8-21(9-11-22)33-24(25,26)27/h4-11,17H,2-3,12-16H2,1H3. The molecule has 0 bridgehead atoms. The molecule has 6 nitrogen and oxygen atoms in total. The number of nitrogens with zero attached hydrogens (tertiary/aromatic N) is 3. The summed E-state index contributed by atoms with van der Waals surface area (Å²) in [6.07, 6.45) is -1.90. The molecule has 0 N–H and O–H groups in total. The predicted molar refractivity (Wildman–Crippen MR) is 129 cm³/mol. The summed E-state index contributed by atoms with van der Waals surface area (Å²) in [5.41, 5.74) is 3.50. The Balaban J connectivity index is 1.34. The van der Waals surface area contributed by atoms with Gasteiger partial charge in [0.15, 0.2) is 5.13 Å². The van der Waals surface area contributed by atoms with Crippen molar-refractivity contribution >= 4 is 26.5 Å². The number of thiazole rings is 1. The maximum Gasteiger partial charge on any atom is 0.573 e. The van der Waals surface area contributed by atoms with Gasteiger partial charge in [0.05, 0.1) is 10.6 Å². The maximum absolute atomic E-state index is 12.9. The predicted octanol–water partition coefficient (Wildman–Crippen LogP) is 5.10. The molecular weight excluding hydrogens is 499 g/mol. The highest BCUT2D eigenvalue weighted by Gasteiger charge is 2.32. The summed E-state index contributed by atoms with van der Waals surface area (Å²) in [5, 5.41) is 2.89. The van der Waals surface area contributed by atoms with Gasteiger partial charge in [-0.15, -0.1) is 24.5 Å². The molecule has 11 heteroatoms. The molecule has 0 unspecified atom stereocenters. The molecule has 1 fully saturated rings. The number of hydrogen-bond acceptors (Lipinski definition) is 6. The fraction of sp³-hybridized carbons (Fsp3) is 0.375. The average molecular weight is 526 g/mol. The van der Waals surface area contributed by atoms with Crippen molar-refractivity contribution in [2.24, 2.45) is 0 Å². The van der Waals surface area contributed by atoms with Crippen LogP contribution in [0.3, 0.4) is 0 Å². The van der Waals surface area contributed by atoms with E-state index in [4.69, 9.17) is 4.98 Å². The number of sulfonamides is 1. The summed E-state index contributed by atoms with van der Waals surface area (Å²) in [4.78, 5) is 6.74. The van der Waals surface area contributed by atoms with Gasteiger partial charge in [0.25, 0.3) is 0 Å². The molecular formula is C24H26F3N3O3S2. The van der Waals surface area contributed by atoms with E-state index in [9.17, 15) is 21.6 Å². The molecule has 0 saturated carbocycles. The Labute approximate surface area is 207 Å². The molecule has 35 heavy (non-hydrogen) atoms. The summed E-state index contributed by atoms with van der Waals surface area (Å²) in [6, 6.07) is 12.8. The van der Waals surface area contributed by atoms with Crippen LogP contribution in [0.25, 0.3) is 0 Å². The zero-order valence-electron chi connectivity index (χ0n) is 19.2. The van der Waals surface area contributed by atoms with E-state index >= 15 is 0 Å². The lowest BCUT2D eigenvalue weighted by molar-refractivity contribution is -0.274. The smallest absolute Gasteiger partial charge is 0.406 e. The number of rotatable bonds is 8. The molecule has 0 aliphatic carbocycles. The number of piperazine rings is 1. The van der Waals surface area contributed by atoms with Crippen molar-refractivity contribution in [2.75, 3.05) is 31.1 Å². The van der Waals surface area contributed by atoms with E-state index in [2.05, 4.69) is 40.8 Å². The fourth-order valence-electron chi connectivity index (χ4n) is 3.93. The van der Waals surface area contributed by atoms with Crippen molar-refractivity contribution in [3.63, 3.8) is 0 Å². The zero-order chi connectivity index (χ0) is 25.1. The van der Waals surface area contributed by atoms with Crippen LogP contribution in [0.1, 0.15) is 30.2 Å². The molecule has 1 aromatic heterocycles. The first-order chi connectivity index (χ1) is 16.6. The van der Waals surface area contributed by atoms with Crippen LogP contribution in [0.2, 0.25) is 0 Å². The fourth-order valence-corrected chi connectivity index (χ4v) is 6.23.